The van der Waals surface area contributed by atoms with Crippen LogP contribution < -0.4 is 14.4 Å². The zero-order valence-electron chi connectivity index (χ0n) is 26.9. The lowest BCUT2D eigenvalue weighted by Gasteiger charge is -2.50. The summed E-state index contributed by atoms with van der Waals surface area (Å²) < 4.78 is 74.1. The van der Waals surface area contributed by atoms with Gasteiger partial charge in [0.2, 0.25) is 5.60 Å². The Morgan fingerprint density at radius 2 is 1.84 bits per heavy atom. The number of carbonyl (C=O) groups excluding carboxylic acids is 2. The van der Waals surface area contributed by atoms with Crippen LogP contribution in [0.5, 0.6) is 11.5 Å². The van der Waals surface area contributed by atoms with E-state index in [1.807, 2.05) is 24.3 Å². The van der Waals surface area contributed by atoms with Gasteiger partial charge in [0.1, 0.15) is 23.9 Å². The van der Waals surface area contributed by atoms with Crippen molar-refractivity contribution in [3.8, 4) is 11.5 Å². The van der Waals surface area contributed by atoms with Gasteiger partial charge in [0.05, 0.1) is 34.5 Å². The summed E-state index contributed by atoms with van der Waals surface area (Å²) >= 11 is 5.93. The molecule has 49 heavy (non-hydrogen) atoms. The van der Waals surface area contributed by atoms with Gasteiger partial charge in [-0.15, -0.1) is 6.58 Å². The quantitative estimate of drug-likeness (QED) is 0.132. The van der Waals surface area contributed by atoms with Gasteiger partial charge in [0.25, 0.3) is 11.8 Å². The highest BCUT2D eigenvalue weighted by Crippen LogP contribution is 2.40. The molecular formula is C35H37ClF4N4O5. The number of hydrogen-bond donors (Lipinski definition) is 0. The van der Waals surface area contributed by atoms with Crippen LogP contribution in [-0.4, -0.2) is 91.3 Å². The Labute approximate surface area is 287 Å². The number of alkyl halides is 3. The van der Waals surface area contributed by atoms with Gasteiger partial charge in [0, 0.05) is 64.7 Å². The highest BCUT2D eigenvalue weighted by Gasteiger charge is 2.55. The molecule has 0 bridgehead atoms. The Kier molecular flexibility index (Phi) is 11.3. The van der Waals surface area contributed by atoms with Crippen molar-refractivity contribution in [1.29, 1.82) is 0 Å². The Morgan fingerprint density at radius 1 is 1.08 bits per heavy atom. The minimum absolute atomic E-state index is 0.00131. The molecule has 0 radical (unpaired) electrons. The Morgan fingerprint density at radius 3 is 2.53 bits per heavy atom. The summed E-state index contributed by atoms with van der Waals surface area (Å²) in [5, 5.41) is -0.158. The maximum absolute atomic E-state index is 14.8. The van der Waals surface area contributed by atoms with Crippen molar-refractivity contribution < 1.29 is 41.4 Å². The predicted octanol–water partition coefficient (Wildman–Crippen LogP) is 6.27. The minimum Gasteiger partial charge on any atom is -0.489 e. The maximum Gasteiger partial charge on any atom is 0.417 e. The second-order valence-corrected chi connectivity index (χ2v) is 12.1. The number of hydrogen-bond acceptors (Lipinski definition) is 7. The molecule has 3 heterocycles. The van der Waals surface area contributed by atoms with Crippen LogP contribution in [0.1, 0.15) is 35.2 Å². The maximum atomic E-state index is 14.8. The lowest BCUT2D eigenvalue weighted by atomic mass is 9.80. The number of amides is 2. The zero-order chi connectivity index (χ0) is 35.2. The molecule has 5 rings (SSSR count). The standard InChI is InChI=1S/C35H37ClF4N4O5/c1-3-7-31-34(49-24-10-11-27(36)28(37)22-24,13-6-15-44(31)32(45)25-23-41-14-12-26(25)35(38,39)40)33(46)43-18-16-42(17-19-43)29-8-4-5-9-30(29)48-21-20-47-2/h3-5,8-12,14,22-23,31H,1,6-7,13,15-21H2,2H3. The SMILES string of the molecule is C=CCC1N(C(=O)c2cnccc2C(F)(F)F)CCCC1(Oc1ccc(Cl)c(F)c1)C(=O)N1CCN(c2ccccc2OCCOC)CC1. The van der Waals surface area contributed by atoms with Crippen molar-refractivity contribution >= 4 is 29.1 Å². The first-order valence-corrected chi connectivity index (χ1v) is 16.2. The number of carbonyl (C=O) groups is 2. The van der Waals surface area contributed by atoms with Crippen LogP contribution in [0.4, 0.5) is 23.2 Å². The van der Waals surface area contributed by atoms with Gasteiger partial charge in [-0.05, 0) is 43.2 Å². The van der Waals surface area contributed by atoms with E-state index in [-0.39, 0.29) is 49.7 Å². The highest BCUT2D eigenvalue weighted by atomic mass is 35.5. The number of piperidine rings is 1. The molecule has 2 atom stereocenters. The molecular weight excluding hydrogens is 668 g/mol. The molecule has 262 valence electrons. The fourth-order valence-corrected chi connectivity index (χ4v) is 6.55. The average molecular weight is 705 g/mol. The lowest BCUT2D eigenvalue weighted by molar-refractivity contribution is -0.159. The molecule has 2 fully saturated rings. The summed E-state index contributed by atoms with van der Waals surface area (Å²) in [7, 11) is 1.59. The van der Waals surface area contributed by atoms with Gasteiger partial charge in [0.15, 0.2) is 0 Å². The van der Waals surface area contributed by atoms with E-state index in [2.05, 4.69) is 16.5 Å². The van der Waals surface area contributed by atoms with Crippen LogP contribution in [0.2, 0.25) is 5.02 Å². The first kappa shape index (κ1) is 35.9. The van der Waals surface area contributed by atoms with Crippen molar-refractivity contribution in [2.24, 2.45) is 0 Å². The summed E-state index contributed by atoms with van der Waals surface area (Å²) in [6.07, 6.45) is -1.18. The molecule has 14 heteroatoms. The van der Waals surface area contributed by atoms with E-state index >= 15 is 0 Å². The molecule has 0 N–H and O–H groups in total. The summed E-state index contributed by atoms with van der Waals surface area (Å²) in [5.74, 6) is -1.55. The normalized spacial score (nSPS) is 19.8. The van der Waals surface area contributed by atoms with Gasteiger partial charge in [-0.3, -0.25) is 14.6 Å². The van der Waals surface area contributed by atoms with Gasteiger partial charge in [-0.2, -0.15) is 13.2 Å². The molecule has 2 aliphatic heterocycles. The summed E-state index contributed by atoms with van der Waals surface area (Å²) in [6.45, 7) is 6.03. The molecule has 0 spiro atoms. The summed E-state index contributed by atoms with van der Waals surface area (Å²) in [6, 6.07) is 10.9. The largest absolute Gasteiger partial charge is 0.489 e. The second-order valence-electron chi connectivity index (χ2n) is 11.7. The van der Waals surface area contributed by atoms with E-state index in [0.717, 1.165) is 30.2 Å². The van der Waals surface area contributed by atoms with E-state index < -0.39 is 46.6 Å². The number of benzene rings is 2. The first-order valence-electron chi connectivity index (χ1n) is 15.8. The third-order valence-corrected chi connectivity index (χ3v) is 9.05. The van der Waals surface area contributed by atoms with Gasteiger partial charge in [-0.25, -0.2) is 4.39 Å². The molecule has 2 unspecified atom stereocenters. The lowest BCUT2D eigenvalue weighted by Crippen LogP contribution is -2.69. The Hall–Kier alpha value is -4.36. The summed E-state index contributed by atoms with van der Waals surface area (Å²) in [4.78, 5) is 37.5. The van der Waals surface area contributed by atoms with E-state index in [9.17, 15) is 27.2 Å². The fourth-order valence-electron chi connectivity index (χ4n) is 6.43. The van der Waals surface area contributed by atoms with Crippen molar-refractivity contribution in [3.63, 3.8) is 0 Å². The Bertz CT molecular complexity index is 1650. The molecule has 2 aromatic carbocycles. The van der Waals surface area contributed by atoms with Gasteiger partial charge < -0.3 is 28.9 Å². The van der Waals surface area contributed by atoms with Crippen LogP contribution in [0.3, 0.4) is 0 Å². The number of pyridine rings is 1. The van der Waals surface area contributed by atoms with Crippen LogP contribution in [-0.2, 0) is 15.7 Å². The van der Waals surface area contributed by atoms with E-state index in [0.29, 0.717) is 32.1 Å². The zero-order valence-corrected chi connectivity index (χ0v) is 27.7. The topological polar surface area (TPSA) is 84.4 Å². The number of para-hydroxylation sites is 2. The fraction of sp³-hybridized carbons (Fsp3) is 0.400. The third-order valence-electron chi connectivity index (χ3n) is 8.74. The molecule has 2 aliphatic rings. The van der Waals surface area contributed by atoms with E-state index in [4.69, 9.17) is 25.8 Å². The molecule has 2 amide bonds. The second kappa shape index (κ2) is 15.5. The number of likely N-dealkylation sites (tertiary alicyclic amines) is 1. The predicted molar refractivity (Wildman–Crippen MR) is 175 cm³/mol. The number of piperazine rings is 1. The average Bonchev–Trinajstić information content (AvgIpc) is 3.10. The first-order chi connectivity index (χ1) is 23.5. The molecule has 3 aromatic rings. The molecule has 0 saturated carbocycles. The highest BCUT2D eigenvalue weighted by molar-refractivity contribution is 6.30. The third kappa shape index (κ3) is 7.78. The smallest absolute Gasteiger partial charge is 0.417 e. The Balaban J connectivity index is 1.48. The molecule has 0 aliphatic carbocycles. The van der Waals surface area contributed by atoms with Crippen molar-refractivity contribution in [3.05, 3.63) is 95.5 Å². The molecule has 1 aromatic heterocycles. The summed E-state index contributed by atoms with van der Waals surface area (Å²) in [5.41, 5.74) is -2.74. The number of nitrogens with zero attached hydrogens (tertiary/aromatic N) is 4. The number of aromatic nitrogens is 1. The van der Waals surface area contributed by atoms with E-state index in [1.54, 1.807) is 12.0 Å². The monoisotopic (exact) mass is 704 g/mol. The molecule has 9 nitrogen and oxygen atoms in total. The van der Waals surface area contributed by atoms with Gasteiger partial charge in [-0.1, -0.05) is 29.8 Å². The van der Waals surface area contributed by atoms with Crippen LogP contribution in [0.15, 0.2) is 73.6 Å². The number of halogens is 5. The van der Waals surface area contributed by atoms with Crippen molar-refractivity contribution in [2.75, 3.05) is 57.9 Å². The number of rotatable bonds is 11. The van der Waals surface area contributed by atoms with Gasteiger partial charge >= 0.3 is 6.18 Å². The van der Waals surface area contributed by atoms with Crippen molar-refractivity contribution in [1.82, 2.24) is 14.8 Å². The number of methoxy groups -OCH3 is 1. The van der Waals surface area contributed by atoms with Crippen LogP contribution in [0.25, 0.3) is 0 Å². The van der Waals surface area contributed by atoms with Crippen molar-refractivity contribution in [2.45, 2.75) is 37.1 Å². The molecule has 2 saturated heterocycles. The van der Waals surface area contributed by atoms with Crippen LogP contribution >= 0.6 is 11.6 Å². The van der Waals surface area contributed by atoms with E-state index in [1.165, 1.54) is 23.1 Å². The number of anilines is 1. The number of ether oxygens (including phenoxy) is 3. The van der Waals surface area contributed by atoms with Crippen LogP contribution in [0, 0.1) is 5.82 Å². The minimum atomic E-state index is -4.82.